The quantitative estimate of drug-likeness (QED) is 0.740. The van der Waals surface area contributed by atoms with E-state index in [0.29, 0.717) is 11.8 Å². The van der Waals surface area contributed by atoms with Crippen LogP contribution in [-0.2, 0) is 0 Å². The van der Waals surface area contributed by atoms with Crippen molar-refractivity contribution in [2.45, 2.75) is 13.8 Å². The molecule has 80 valence electrons. The van der Waals surface area contributed by atoms with Crippen LogP contribution in [0.2, 0.25) is 0 Å². The maximum atomic E-state index is 5.08. The topological polar surface area (TPSA) is 37.7 Å². The standard InChI is InChI=1S/C11H15N3O/c1-8-7-14(13-9(8)2)10-4-5-12-11(6-10)15-3/h4-6,8H,7H2,1-3H3. The van der Waals surface area contributed by atoms with E-state index in [1.807, 2.05) is 17.1 Å². The third-order valence-corrected chi connectivity index (χ3v) is 2.66. The van der Waals surface area contributed by atoms with E-state index in [-0.39, 0.29) is 0 Å². The SMILES string of the molecule is COc1cc(N2CC(C)C(C)=N2)ccn1. The van der Waals surface area contributed by atoms with Gasteiger partial charge in [-0.1, -0.05) is 6.92 Å². The predicted octanol–water partition coefficient (Wildman–Crippen LogP) is 1.92. The van der Waals surface area contributed by atoms with Gasteiger partial charge in [0.1, 0.15) is 0 Å². The fourth-order valence-corrected chi connectivity index (χ4v) is 1.56. The van der Waals surface area contributed by atoms with Crippen LogP contribution in [0.3, 0.4) is 0 Å². The first-order valence-electron chi connectivity index (χ1n) is 5.03. The minimum absolute atomic E-state index is 0.518. The van der Waals surface area contributed by atoms with Crippen molar-refractivity contribution in [2.75, 3.05) is 18.7 Å². The number of aromatic nitrogens is 1. The van der Waals surface area contributed by atoms with Crippen LogP contribution in [0.4, 0.5) is 5.69 Å². The number of rotatable bonds is 2. The molecule has 1 aromatic rings. The molecule has 1 aliphatic rings. The first kappa shape index (κ1) is 9.96. The van der Waals surface area contributed by atoms with Crippen molar-refractivity contribution in [3.8, 4) is 5.88 Å². The van der Waals surface area contributed by atoms with Crippen LogP contribution < -0.4 is 9.75 Å². The summed E-state index contributed by atoms with van der Waals surface area (Å²) in [6.07, 6.45) is 1.74. The molecular weight excluding hydrogens is 190 g/mol. The number of methoxy groups -OCH3 is 1. The minimum atomic E-state index is 0.518. The molecule has 0 N–H and O–H groups in total. The van der Waals surface area contributed by atoms with Crippen LogP contribution in [0.15, 0.2) is 23.4 Å². The van der Waals surface area contributed by atoms with E-state index in [1.165, 1.54) is 5.71 Å². The molecule has 0 saturated carbocycles. The molecule has 1 atom stereocenters. The van der Waals surface area contributed by atoms with Gasteiger partial charge in [-0.3, -0.25) is 5.01 Å². The van der Waals surface area contributed by atoms with Gasteiger partial charge in [0, 0.05) is 30.4 Å². The number of ether oxygens (including phenoxy) is 1. The Hall–Kier alpha value is -1.58. The second kappa shape index (κ2) is 3.88. The monoisotopic (exact) mass is 205 g/mol. The summed E-state index contributed by atoms with van der Waals surface area (Å²) < 4.78 is 5.08. The number of hydrogen-bond donors (Lipinski definition) is 0. The second-order valence-corrected chi connectivity index (χ2v) is 3.78. The van der Waals surface area contributed by atoms with Gasteiger partial charge in [-0.2, -0.15) is 5.10 Å². The second-order valence-electron chi connectivity index (χ2n) is 3.78. The number of nitrogens with zero attached hydrogens (tertiary/aromatic N) is 3. The Bertz CT molecular complexity index is 389. The van der Waals surface area contributed by atoms with Gasteiger partial charge in [0.25, 0.3) is 0 Å². The normalized spacial score (nSPS) is 20.3. The van der Waals surface area contributed by atoms with Gasteiger partial charge >= 0.3 is 0 Å². The molecule has 4 nitrogen and oxygen atoms in total. The molecular formula is C11H15N3O. The summed E-state index contributed by atoms with van der Waals surface area (Å²) in [5, 5.41) is 6.47. The third-order valence-electron chi connectivity index (χ3n) is 2.66. The van der Waals surface area contributed by atoms with Crippen LogP contribution in [0.1, 0.15) is 13.8 Å². The summed E-state index contributed by atoms with van der Waals surface area (Å²) in [5.74, 6) is 1.14. The zero-order valence-corrected chi connectivity index (χ0v) is 9.27. The molecule has 0 aliphatic carbocycles. The zero-order valence-electron chi connectivity index (χ0n) is 9.27. The molecule has 0 bridgehead atoms. The van der Waals surface area contributed by atoms with Gasteiger partial charge in [0.2, 0.25) is 5.88 Å². The first-order valence-corrected chi connectivity index (χ1v) is 5.03. The number of hydrogen-bond acceptors (Lipinski definition) is 4. The average molecular weight is 205 g/mol. The summed E-state index contributed by atoms with van der Waals surface area (Å²) in [4.78, 5) is 4.07. The van der Waals surface area contributed by atoms with Gasteiger partial charge in [0.15, 0.2) is 0 Å². The molecule has 15 heavy (non-hydrogen) atoms. The first-order chi connectivity index (χ1) is 7.20. The van der Waals surface area contributed by atoms with E-state index < -0.39 is 0 Å². The Balaban J connectivity index is 2.24. The maximum Gasteiger partial charge on any atom is 0.215 e. The van der Waals surface area contributed by atoms with Gasteiger partial charge in [0.05, 0.1) is 12.8 Å². The Morgan fingerprint density at radius 2 is 2.33 bits per heavy atom. The molecule has 0 fully saturated rings. The average Bonchev–Trinajstić information content (AvgIpc) is 2.59. The molecule has 4 heteroatoms. The molecule has 0 radical (unpaired) electrons. The van der Waals surface area contributed by atoms with Crippen molar-refractivity contribution < 1.29 is 4.74 Å². The largest absolute Gasteiger partial charge is 0.481 e. The van der Waals surface area contributed by atoms with E-state index in [1.54, 1.807) is 13.3 Å². The van der Waals surface area contributed by atoms with Crippen molar-refractivity contribution in [1.29, 1.82) is 0 Å². The Morgan fingerprint density at radius 3 is 2.93 bits per heavy atom. The van der Waals surface area contributed by atoms with Crippen molar-refractivity contribution in [3.05, 3.63) is 18.3 Å². The van der Waals surface area contributed by atoms with E-state index >= 15 is 0 Å². The van der Waals surface area contributed by atoms with Crippen LogP contribution in [0.5, 0.6) is 5.88 Å². The van der Waals surface area contributed by atoms with Crippen molar-refractivity contribution in [1.82, 2.24) is 4.98 Å². The summed E-state index contributed by atoms with van der Waals surface area (Å²) in [6, 6.07) is 3.84. The number of pyridine rings is 1. The molecule has 0 amide bonds. The number of anilines is 1. The van der Waals surface area contributed by atoms with E-state index in [2.05, 4.69) is 23.9 Å². The molecule has 2 heterocycles. The molecule has 0 spiro atoms. The summed E-state index contributed by atoms with van der Waals surface area (Å²) >= 11 is 0. The van der Waals surface area contributed by atoms with E-state index in [0.717, 1.165) is 12.2 Å². The van der Waals surface area contributed by atoms with Gasteiger partial charge in [-0.25, -0.2) is 4.98 Å². The van der Waals surface area contributed by atoms with Gasteiger partial charge < -0.3 is 4.74 Å². The summed E-state index contributed by atoms with van der Waals surface area (Å²) in [6.45, 7) is 5.17. The summed E-state index contributed by atoms with van der Waals surface area (Å²) in [7, 11) is 1.62. The van der Waals surface area contributed by atoms with Crippen molar-refractivity contribution >= 4 is 11.4 Å². The lowest BCUT2D eigenvalue weighted by Gasteiger charge is -2.14. The lowest BCUT2D eigenvalue weighted by atomic mass is 10.1. The van der Waals surface area contributed by atoms with Crippen LogP contribution >= 0.6 is 0 Å². The Labute approximate surface area is 89.6 Å². The molecule has 2 rings (SSSR count). The fourth-order valence-electron chi connectivity index (χ4n) is 1.56. The predicted molar refractivity (Wildman–Crippen MR) is 60.4 cm³/mol. The third kappa shape index (κ3) is 1.93. The molecule has 1 aromatic heterocycles. The highest BCUT2D eigenvalue weighted by atomic mass is 16.5. The van der Waals surface area contributed by atoms with Gasteiger partial charge in [-0.05, 0) is 13.0 Å². The van der Waals surface area contributed by atoms with E-state index in [4.69, 9.17) is 4.74 Å². The molecule has 0 aromatic carbocycles. The number of hydrazone groups is 1. The van der Waals surface area contributed by atoms with Crippen molar-refractivity contribution in [3.63, 3.8) is 0 Å². The van der Waals surface area contributed by atoms with E-state index in [9.17, 15) is 0 Å². The smallest absolute Gasteiger partial charge is 0.215 e. The summed E-state index contributed by atoms with van der Waals surface area (Å²) in [5.41, 5.74) is 2.20. The Kier molecular flexibility index (Phi) is 2.58. The highest BCUT2D eigenvalue weighted by molar-refractivity contribution is 5.87. The molecule has 0 saturated heterocycles. The highest BCUT2D eigenvalue weighted by Crippen LogP contribution is 2.24. The highest BCUT2D eigenvalue weighted by Gasteiger charge is 2.20. The van der Waals surface area contributed by atoms with Crippen molar-refractivity contribution in [2.24, 2.45) is 11.0 Å². The lowest BCUT2D eigenvalue weighted by Crippen LogP contribution is -2.16. The van der Waals surface area contributed by atoms with Gasteiger partial charge in [-0.15, -0.1) is 0 Å². The minimum Gasteiger partial charge on any atom is -0.481 e. The lowest BCUT2D eigenvalue weighted by molar-refractivity contribution is 0.398. The van der Waals surface area contributed by atoms with Crippen LogP contribution in [0.25, 0.3) is 0 Å². The zero-order chi connectivity index (χ0) is 10.8. The van der Waals surface area contributed by atoms with Crippen LogP contribution in [0, 0.1) is 5.92 Å². The fraction of sp³-hybridized carbons (Fsp3) is 0.455. The maximum absolute atomic E-state index is 5.08. The Morgan fingerprint density at radius 1 is 1.53 bits per heavy atom. The van der Waals surface area contributed by atoms with Crippen LogP contribution in [-0.4, -0.2) is 24.4 Å². The molecule has 1 aliphatic heterocycles. The molecule has 1 unspecified atom stereocenters.